The second-order valence-electron chi connectivity index (χ2n) is 4.23. The van der Waals surface area contributed by atoms with Crippen molar-refractivity contribution in [2.75, 3.05) is 13.2 Å². The van der Waals surface area contributed by atoms with Crippen LogP contribution in [0.3, 0.4) is 0 Å². The van der Waals surface area contributed by atoms with Gasteiger partial charge in [0.1, 0.15) is 11.5 Å². The number of hydrogen-bond donors (Lipinski definition) is 3. The number of aliphatic carboxylic acids is 1. The fraction of sp³-hybridized carbons (Fsp3) is 0.385. The van der Waals surface area contributed by atoms with Crippen molar-refractivity contribution in [3.05, 3.63) is 23.8 Å². The third-order valence-electron chi connectivity index (χ3n) is 2.64. The molecule has 0 radical (unpaired) electrons. The van der Waals surface area contributed by atoms with Crippen LogP contribution in [-0.2, 0) is 9.59 Å². The summed E-state index contributed by atoms with van der Waals surface area (Å²) in [5, 5.41) is 20.6. The third-order valence-corrected chi connectivity index (χ3v) is 2.64. The Morgan fingerprint density at radius 2 is 2.11 bits per heavy atom. The second-order valence-corrected chi connectivity index (χ2v) is 4.23. The van der Waals surface area contributed by atoms with E-state index in [1.54, 1.807) is 19.1 Å². The molecule has 6 nitrogen and oxygen atoms in total. The molecule has 6 heteroatoms. The predicted octanol–water partition coefficient (Wildman–Crippen LogP) is 0.916. The van der Waals surface area contributed by atoms with Gasteiger partial charge in [-0.15, -0.1) is 0 Å². The minimum atomic E-state index is -0.968. The van der Waals surface area contributed by atoms with Crippen LogP contribution in [-0.4, -0.2) is 35.2 Å². The van der Waals surface area contributed by atoms with Crippen LogP contribution >= 0.6 is 0 Å². The quantitative estimate of drug-likeness (QED) is 0.712. The Bertz CT molecular complexity index is 472. The lowest BCUT2D eigenvalue weighted by Gasteiger charge is -2.11. The van der Waals surface area contributed by atoms with Gasteiger partial charge in [-0.05, 0) is 19.1 Å². The zero-order valence-electron chi connectivity index (χ0n) is 10.8. The number of carbonyl (C=O) groups excluding carboxylic acids is 1. The number of carboxylic acids is 1. The van der Waals surface area contributed by atoms with E-state index in [-0.39, 0.29) is 18.9 Å². The zero-order valence-corrected chi connectivity index (χ0v) is 10.8. The number of phenolic OH excluding ortho intramolecular Hbond substituents is 1. The summed E-state index contributed by atoms with van der Waals surface area (Å²) in [4.78, 5) is 22.0. The predicted molar refractivity (Wildman–Crippen MR) is 68.1 cm³/mol. The number of amides is 1. The summed E-state index contributed by atoms with van der Waals surface area (Å²) in [6, 6.07) is 4.78. The van der Waals surface area contributed by atoms with E-state index in [1.807, 2.05) is 0 Å². The number of rotatable bonds is 6. The van der Waals surface area contributed by atoms with E-state index in [9.17, 15) is 14.7 Å². The van der Waals surface area contributed by atoms with Gasteiger partial charge in [-0.25, -0.2) is 0 Å². The van der Waals surface area contributed by atoms with Crippen molar-refractivity contribution in [1.29, 1.82) is 0 Å². The number of ether oxygens (including phenoxy) is 1. The Kier molecular flexibility index (Phi) is 5.17. The Balaban J connectivity index is 2.42. The Morgan fingerprint density at radius 1 is 1.42 bits per heavy atom. The number of aromatic hydroxyl groups is 1. The van der Waals surface area contributed by atoms with Crippen LogP contribution in [0.2, 0.25) is 0 Å². The molecule has 1 aromatic carbocycles. The molecule has 0 aliphatic carbocycles. The molecular weight excluding hydrogens is 250 g/mol. The molecule has 0 aromatic heterocycles. The monoisotopic (exact) mass is 267 g/mol. The van der Waals surface area contributed by atoms with Crippen molar-refractivity contribution in [3.63, 3.8) is 0 Å². The molecule has 1 amide bonds. The molecule has 0 aliphatic heterocycles. The highest BCUT2D eigenvalue weighted by atomic mass is 16.5. The molecule has 0 fully saturated rings. The van der Waals surface area contributed by atoms with E-state index in [0.717, 1.165) is 0 Å². The smallest absolute Gasteiger partial charge is 0.308 e. The zero-order chi connectivity index (χ0) is 14.4. The average Bonchev–Trinajstić information content (AvgIpc) is 2.37. The highest BCUT2D eigenvalue weighted by Crippen LogP contribution is 2.25. The van der Waals surface area contributed by atoms with Crippen LogP contribution in [0.5, 0.6) is 11.5 Å². The molecule has 0 bridgehead atoms. The maximum atomic E-state index is 11.4. The Labute approximate surface area is 111 Å². The van der Waals surface area contributed by atoms with Gasteiger partial charge in [0, 0.05) is 12.1 Å². The van der Waals surface area contributed by atoms with Crippen LogP contribution in [0.1, 0.15) is 12.5 Å². The largest absolute Gasteiger partial charge is 0.508 e. The molecule has 1 atom stereocenters. The molecule has 0 saturated heterocycles. The maximum absolute atomic E-state index is 11.4. The standard InChI is InChI=1S/C13H17NO5/c1-8(13(17)18)6-14-12(16)7-19-11-5-3-4-10(15)9(11)2/h3-5,8,15H,6-7H2,1-2H3,(H,14,16)(H,17,18). The van der Waals surface area contributed by atoms with E-state index in [0.29, 0.717) is 11.3 Å². The van der Waals surface area contributed by atoms with Gasteiger partial charge in [-0.3, -0.25) is 9.59 Å². The average molecular weight is 267 g/mol. The molecule has 0 saturated carbocycles. The topological polar surface area (TPSA) is 95.9 Å². The first-order valence-corrected chi connectivity index (χ1v) is 5.82. The normalized spacial score (nSPS) is 11.7. The first-order chi connectivity index (χ1) is 8.91. The van der Waals surface area contributed by atoms with E-state index < -0.39 is 17.8 Å². The summed E-state index contributed by atoms with van der Waals surface area (Å²) in [7, 11) is 0. The lowest BCUT2D eigenvalue weighted by molar-refractivity contribution is -0.141. The van der Waals surface area contributed by atoms with Gasteiger partial charge in [-0.2, -0.15) is 0 Å². The molecule has 19 heavy (non-hydrogen) atoms. The first-order valence-electron chi connectivity index (χ1n) is 5.82. The summed E-state index contributed by atoms with van der Waals surface area (Å²) in [5.74, 6) is -1.51. The summed E-state index contributed by atoms with van der Waals surface area (Å²) in [5.41, 5.74) is 0.550. The van der Waals surface area contributed by atoms with E-state index in [4.69, 9.17) is 9.84 Å². The summed E-state index contributed by atoms with van der Waals surface area (Å²) in [6.45, 7) is 3.01. The van der Waals surface area contributed by atoms with Crippen LogP contribution in [0.15, 0.2) is 18.2 Å². The molecule has 0 aliphatic rings. The summed E-state index contributed by atoms with van der Waals surface area (Å²) >= 11 is 0. The van der Waals surface area contributed by atoms with Gasteiger partial charge < -0.3 is 20.3 Å². The van der Waals surface area contributed by atoms with Gasteiger partial charge in [-0.1, -0.05) is 13.0 Å². The highest BCUT2D eigenvalue weighted by molar-refractivity contribution is 5.78. The fourth-order valence-corrected chi connectivity index (χ4v) is 1.31. The van der Waals surface area contributed by atoms with E-state index >= 15 is 0 Å². The number of hydrogen-bond acceptors (Lipinski definition) is 4. The third kappa shape index (κ3) is 4.50. The Morgan fingerprint density at radius 3 is 2.74 bits per heavy atom. The minimum absolute atomic E-state index is 0.0521. The van der Waals surface area contributed by atoms with Crippen molar-refractivity contribution in [2.24, 2.45) is 5.92 Å². The minimum Gasteiger partial charge on any atom is -0.508 e. The van der Waals surface area contributed by atoms with Gasteiger partial charge in [0.25, 0.3) is 5.91 Å². The number of carboxylic acid groups (broad SMARTS) is 1. The van der Waals surface area contributed by atoms with Crippen molar-refractivity contribution in [2.45, 2.75) is 13.8 Å². The van der Waals surface area contributed by atoms with E-state index in [1.165, 1.54) is 13.0 Å². The van der Waals surface area contributed by atoms with Crippen LogP contribution in [0.4, 0.5) is 0 Å². The molecule has 1 rings (SSSR count). The summed E-state index contributed by atoms with van der Waals surface area (Å²) in [6.07, 6.45) is 0. The molecule has 0 spiro atoms. The molecule has 1 aromatic rings. The molecule has 3 N–H and O–H groups in total. The fourth-order valence-electron chi connectivity index (χ4n) is 1.31. The lowest BCUT2D eigenvalue weighted by atomic mass is 10.2. The van der Waals surface area contributed by atoms with Crippen LogP contribution in [0, 0.1) is 12.8 Å². The van der Waals surface area contributed by atoms with Crippen LogP contribution < -0.4 is 10.1 Å². The van der Waals surface area contributed by atoms with Crippen LogP contribution in [0.25, 0.3) is 0 Å². The molecule has 104 valence electrons. The van der Waals surface area contributed by atoms with E-state index in [2.05, 4.69) is 5.32 Å². The second kappa shape index (κ2) is 6.63. The first kappa shape index (κ1) is 14.8. The summed E-state index contributed by atoms with van der Waals surface area (Å²) < 4.78 is 5.25. The van der Waals surface area contributed by atoms with Gasteiger partial charge in [0.05, 0.1) is 5.92 Å². The number of carbonyl (C=O) groups is 2. The van der Waals surface area contributed by atoms with Crippen molar-refractivity contribution in [3.8, 4) is 11.5 Å². The highest BCUT2D eigenvalue weighted by Gasteiger charge is 2.12. The number of phenols is 1. The molecular formula is C13H17NO5. The molecule has 0 heterocycles. The van der Waals surface area contributed by atoms with Crippen molar-refractivity contribution < 1.29 is 24.5 Å². The Hall–Kier alpha value is -2.24. The van der Waals surface area contributed by atoms with Gasteiger partial charge in [0.15, 0.2) is 6.61 Å². The lowest BCUT2D eigenvalue weighted by Crippen LogP contribution is -2.34. The number of nitrogens with one attached hydrogen (secondary N) is 1. The SMILES string of the molecule is Cc1c(O)cccc1OCC(=O)NCC(C)C(=O)O. The van der Waals surface area contributed by atoms with Gasteiger partial charge >= 0.3 is 5.97 Å². The van der Waals surface area contributed by atoms with Crippen molar-refractivity contribution in [1.82, 2.24) is 5.32 Å². The number of benzene rings is 1. The molecule has 1 unspecified atom stereocenters. The van der Waals surface area contributed by atoms with Gasteiger partial charge in [0.2, 0.25) is 0 Å². The maximum Gasteiger partial charge on any atom is 0.308 e. The van der Waals surface area contributed by atoms with Crippen molar-refractivity contribution >= 4 is 11.9 Å².